The Balaban J connectivity index is 0.00000722. The number of benzene rings is 2. The first-order valence-corrected chi connectivity index (χ1v) is 13.6. The Hall–Kier alpha value is -2.44. The molecule has 2 aromatic carbocycles. The van der Waals surface area contributed by atoms with E-state index in [1.54, 1.807) is 51.1 Å². The van der Waals surface area contributed by atoms with E-state index in [0.717, 1.165) is 5.56 Å². The maximum absolute atomic E-state index is 12.8. The number of aliphatic carboxylic acids is 1. The third kappa shape index (κ3) is 13.4. The molecule has 0 unspecified atom stereocenters. The van der Waals surface area contributed by atoms with Gasteiger partial charge in [-0.1, -0.05) is 60.7 Å². The van der Waals surface area contributed by atoms with Crippen LogP contribution >= 0.6 is 0 Å². The SMILES string of the molecule is CC(C)(C)OC(=O)N[C@@H](Cc1ccccc1)C(=O)NCCCS(=O)(=O)N[C@@H](Cc1ccccc1)C(=O)[O-].[Na+]. The third-order valence-electron chi connectivity index (χ3n) is 5.07. The molecule has 12 heteroatoms. The topological polar surface area (TPSA) is 154 Å². The van der Waals surface area contributed by atoms with Crippen molar-refractivity contribution in [1.82, 2.24) is 15.4 Å². The summed E-state index contributed by atoms with van der Waals surface area (Å²) in [5.74, 6) is -2.44. The number of sulfonamides is 1. The van der Waals surface area contributed by atoms with E-state index in [1.165, 1.54) is 0 Å². The second-order valence-electron chi connectivity index (χ2n) is 9.53. The van der Waals surface area contributed by atoms with Crippen molar-refractivity contribution in [1.29, 1.82) is 0 Å². The van der Waals surface area contributed by atoms with Crippen molar-refractivity contribution in [3.8, 4) is 0 Å². The molecule has 202 valence electrons. The maximum atomic E-state index is 12.8. The molecule has 2 aromatic rings. The fourth-order valence-corrected chi connectivity index (χ4v) is 4.66. The first kappa shape index (κ1) is 33.6. The zero-order chi connectivity index (χ0) is 27.5. The van der Waals surface area contributed by atoms with Gasteiger partial charge < -0.3 is 25.3 Å². The molecule has 0 saturated heterocycles. The van der Waals surface area contributed by atoms with Gasteiger partial charge in [-0.3, -0.25) is 4.79 Å². The van der Waals surface area contributed by atoms with Gasteiger partial charge in [0, 0.05) is 13.0 Å². The van der Waals surface area contributed by atoms with Crippen LogP contribution in [0.2, 0.25) is 0 Å². The number of ether oxygens (including phenoxy) is 1. The van der Waals surface area contributed by atoms with Crippen molar-refractivity contribution in [3.63, 3.8) is 0 Å². The van der Waals surface area contributed by atoms with Crippen LogP contribution in [-0.2, 0) is 37.2 Å². The van der Waals surface area contributed by atoms with E-state index in [0.29, 0.717) is 5.56 Å². The Morgan fingerprint density at radius 1 is 0.895 bits per heavy atom. The minimum absolute atomic E-state index is 0. The van der Waals surface area contributed by atoms with Crippen LogP contribution in [0.25, 0.3) is 0 Å². The van der Waals surface area contributed by atoms with E-state index in [1.807, 2.05) is 30.3 Å². The average Bonchev–Trinajstić information content (AvgIpc) is 2.81. The van der Waals surface area contributed by atoms with Crippen LogP contribution in [0.3, 0.4) is 0 Å². The molecule has 0 radical (unpaired) electrons. The van der Waals surface area contributed by atoms with Crippen molar-refractivity contribution >= 4 is 28.0 Å². The predicted octanol–water partition coefficient (Wildman–Crippen LogP) is -2.09. The van der Waals surface area contributed by atoms with E-state index < -0.39 is 51.4 Å². The van der Waals surface area contributed by atoms with Gasteiger partial charge in [-0.2, -0.15) is 0 Å². The molecule has 0 fully saturated rings. The van der Waals surface area contributed by atoms with Crippen LogP contribution in [0.15, 0.2) is 60.7 Å². The van der Waals surface area contributed by atoms with Crippen LogP contribution in [0.5, 0.6) is 0 Å². The van der Waals surface area contributed by atoms with E-state index in [2.05, 4.69) is 15.4 Å². The normalized spacial score (nSPS) is 12.9. The van der Waals surface area contributed by atoms with Crippen LogP contribution in [-0.4, -0.2) is 56.4 Å². The van der Waals surface area contributed by atoms with Gasteiger partial charge >= 0.3 is 35.7 Å². The standard InChI is InChI=1S/C26H35N3O7S.Na/c1-26(2,3)36-25(33)28-21(17-19-11-6-4-7-12-19)23(30)27-15-10-16-37(34,35)29-22(24(31)32)18-20-13-8-5-9-14-20;/h4-9,11-14,21-22,29H,10,15-18H2,1-3H3,(H,27,30)(H,28,33)(H,31,32);/q;+1/p-1/t21-,22-;/m0./s1. The molecule has 38 heavy (non-hydrogen) atoms. The monoisotopic (exact) mass is 555 g/mol. The molecular weight excluding hydrogens is 521 g/mol. The zero-order valence-corrected chi connectivity index (χ0v) is 25.0. The van der Waals surface area contributed by atoms with Gasteiger partial charge in [0.2, 0.25) is 15.9 Å². The number of rotatable bonds is 13. The summed E-state index contributed by atoms with van der Waals surface area (Å²) in [6.07, 6.45) is -0.576. The number of carbonyl (C=O) groups is 3. The second kappa shape index (κ2) is 15.8. The Bertz CT molecular complexity index is 1140. The first-order chi connectivity index (χ1) is 17.3. The Morgan fingerprint density at radius 2 is 1.39 bits per heavy atom. The Kier molecular flexibility index (Phi) is 14.0. The molecule has 10 nitrogen and oxygen atoms in total. The quantitative estimate of drug-likeness (QED) is 0.189. The number of carboxylic acid groups (broad SMARTS) is 1. The molecule has 3 N–H and O–H groups in total. The summed E-state index contributed by atoms with van der Waals surface area (Å²) in [4.78, 5) is 36.5. The van der Waals surface area contributed by atoms with Gasteiger partial charge in [-0.15, -0.1) is 0 Å². The van der Waals surface area contributed by atoms with Crippen molar-refractivity contribution in [2.75, 3.05) is 12.3 Å². The largest absolute Gasteiger partial charge is 1.00 e. The summed E-state index contributed by atoms with van der Waals surface area (Å²) >= 11 is 0. The maximum Gasteiger partial charge on any atom is 1.00 e. The minimum atomic E-state index is -3.96. The predicted molar refractivity (Wildman–Crippen MR) is 137 cm³/mol. The number of alkyl carbamates (subject to hydrolysis) is 1. The number of carboxylic acids is 1. The van der Waals surface area contributed by atoms with Crippen LogP contribution < -0.4 is 50.0 Å². The number of hydrogen-bond acceptors (Lipinski definition) is 7. The molecule has 0 spiro atoms. The fourth-order valence-electron chi connectivity index (χ4n) is 3.40. The van der Waals surface area contributed by atoms with Gasteiger partial charge in [0.25, 0.3) is 0 Å². The van der Waals surface area contributed by atoms with E-state index >= 15 is 0 Å². The molecule has 0 saturated carbocycles. The van der Waals surface area contributed by atoms with Gasteiger partial charge in [0.05, 0.1) is 17.8 Å². The minimum Gasteiger partial charge on any atom is -0.548 e. The second-order valence-corrected chi connectivity index (χ2v) is 11.4. The number of amides is 2. The molecule has 0 heterocycles. The van der Waals surface area contributed by atoms with Gasteiger partial charge in [0.1, 0.15) is 11.6 Å². The molecule has 2 atom stereocenters. The molecule has 0 aliphatic carbocycles. The molecule has 2 rings (SSSR count). The van der Waals surface area contributed by atoms with E-state index in [4.69, 9.17) is 4.74 Å². The van der Waals surface area contributed by atoms with Crippen molar-refractivity contribution in [3.05, 3.63) is 71.8 Å². The van der Waals surface area contributed by atoms with E-state index in [-0.39, 0.29) is 55.4 Å². The Morgan fingerprint density at radius 3 is 1.87 bits per heavy atom. The van der Waals surface area contributed by atoms with Crippen molar-refractivity contribution in [2.24, 2.45) is 0 Å². The van der Waals surface area contributed by atoms with Crippen LogP contribution in [0, 0.1) is 0 Å². The zero-order valence-electron chi connectivity index (χ0n) is 22.2. The summed E-state index contributed by atoms with van der Waals surface area (Å²) in [5, 5.41) is 16.7. The fraction of sp³-hybridized carbons (Fsp3) is 0.423. The van der Waals surface area contributed by atoms with Gasteiger partial charge in [0.15, 0.2) is 0 Å². The summed E-state index contributed by atoms with van der Waals surface area (Å²) in [6, 6.07) is 15.3. The van der Waals surface area contributed by atoms with Gasteiger partial charge in [-0.05, 0) is 44.7 Å². The van der Waals surface area contributed by atoms with Crippen LogP contribution in [0.1, 0.15) is 38.3 Å². The summed E-state index contributed by atoms with van der Waals surface area (Å²) in [6.45, 7) is 5.12. The number of hydrogen-bond donors (Lipinski definition) is 3. The van der Waals surface area contributed by atoms with Crippen LogP contribution in [0.4, 0.5) is 4.79 Å². The molecular formula is C26H34N3NaO7S. The smallest absolute Gasteiger partial charge is 0.548 e. The summed E-state index contributed by atoms with van der Waals surface area (Å²) in [7, 11) is -3.96. The number of carbonyl (C=O) groups excluding carboxylic acids is 3. The summed E-state index contributed by atoms with van der Waals surface area (Å²) in [5.41, 5.74) is 0.717. The molecule has 0 aliphatic heterocycles. The van der Waals surface area contributed by atoms with Crippen molar-refractivity contribution < 1.29 is 62.2 Å². The molecule has 0 bridgehead atoms. The summed E-state index contributed by atoms with van der Waals surface area (Å²) < 4.78 is 32.3. The molecule has 0 aromatic heterocycles. The average molecular weight is 556 g/mol. The number of nitrogens with one attached hydrogen (secondary N) is 3. The van der Waals surface area contributed by atoms with Crippen molar-refractivity contribution in [2.45, 2.75) is 57.7 Å². The van der Waals surface area contributed by atoms with E-state index in [9.17, 15) is 27.9 Å². The first-order valence-electron chi connectivity index (χ1n) is 11.9. The molecule has 2 amide bonds. The Labute approximate surface area is 246 Å². The van der Waals surface area contributed by atoms with Gasteiger partial charge in [-0.25, -0.2) is 17.9 Å². The molecule has 0 aliphatic rings. The third-order valence-corrected chi connectivity index (χ3v) is 6.54.